The van der Waals surface area contributed by atoms with E-state index in [4.69, 9.17) is 0 Å². The van der Waals surface area contributed by atoms with Crippen molar-refractivity contribution in [2.24, 2.45) is 0 Å². The van der Waals surface area contributed by atoms with Gasteiger partial charge in [-0.15, -0.1) is 0 Å². The molecule has 2 fully saturated rings. The van der Waals surface area contributed by atoms with Crippen LogP contribution in [0.1, 0.15) is 26.2 Å². The molecule has 0 radical (unpaired) electrons. The Morgan fingerprint density at radius 2 is 2.10 bits per heavy atom. The molecular formula is C17H26BrN3. The summed E-state index contributed by atoms with van der Waals surface area (Å²) >= 11 is 3.60. The number of para-hydroxylation sites is 1. The molecule has 0 saturated carbocycles. The Balaban J connectivity index is 1.50. The van der Waals surface area contributed by atoms with Crippen molar-refractivity contribution in [3.63, 3.8) is 0 Å². The summed E-state index contributed by atoms with van der Waals surface area (Å²) in [6.45, 7) is 8.34. The molecule has 2 atom stereocenters. The lowest BCUT2D eigenvalue weighted by Gasteiger charge is -2.47. The highest BCUT2D eigenvalue weighted by molar-refractivity contribution is 9.10. The SMILES string of the molecule is CC1CN2CCCCC2CN1CCNc1ccccc1Br. The fourth-order valence-electron chi connectivity index (χ4n) is 3.66. The molecule has 21 heavy (non-hydrogen) atoms. The minimum atomic E-state index is 0.681. The fourth-order valence-corrected chi connectivity index (χ4v) is 4.09. The molecule has 116 valence electrons. The van der Waals surface area contributed by atoms with Gasteiger partial charge in [-0.3, -0.25) is 9.80 Å². The smallest absolute Gasteiger partial charge is 0.0485 e. The lowest BCUT2D eigenvalue weighted by atomic mass is 9.97. The summed E-state index contributed by atoms with van der Waals surface area (Å²) in [7, 11) is 0. The first-order valence-corrected chi connectivity index (χ1v) is 9.00. The van der Waals surface area contributed by atoms with E-state index in [0.29, 0.717) is 6.04 Å². The van der Waals surface area contributed by atoms with Crippen molar-refractivity contribution in [3.8, 4) is 0 Å². The molecule has 0 aliphatic carbocycles. The predicted molar refractivity (Wildman–Crippen MR) is 92.9 cm³/mol. The molecule has 2 aliphatic rings. The number of piperazine rings is 1. The van der Waals surface area contributed by atoms with Crippen molar-refractivity contribution in [1.82, 2.24) is 9.80 Å². The van der Waals surface area contributed by atoms with Crippen LogP contribution in [-0.2, 0) is 0 Å². The average Bonchev–Trinajstić information content (AvgIpc) is 2.49. The zero-order chi connectivity index (χ0) is 14.7. The minimum absolute atomic E-state index is 0.681. The zero-order valence-corrected chi connectivity index (χ0v) is 14.5. The average molecular weight is 352 g/mol. The molecule has 1 N–H and O–H groups in total. The number of nitrogens with one attached hydrogen (secondary N) is 1. The van der Waals surface area contributed by atoms with Crippen molar-refractivity contribution in [2.75, 3.05) is 38.0 Å². The Kier molecular flexibility index (Phi) is 5.19. The van der Waals surface area contributed by atoms with Crippen LogP contribution in [0.5, 0.6) is 0 Å². The number of piperidine rings is 1. The molecule has 4 heteroatoms. The van der Waals surface area contributed by atoms with Crippen LogP contribution in [0, 0.1) is 0 Å². The molecule has 0 spiro atoms. The number of halogens is 1. The van der Waals surface area contributed by atoms with Crippen LogP contribution in [-0.4, -0.2) is 54.6 Å². The summed E-state index contributed by atoms with van der Waals surface area (Å²) in [5.41, 5.74) is 1.20. The Bertz CT molecular complexity index is 465. The van der Waals surface area contributed by atoms with Gasteiger partial charge in [-0.2, -0.15) is 0 Å². The third-order valence-electron chi connectivity index (χ3n) is 4.90. The number of fused-ring (bicyclic) bond motifs is 1. The standard InChI is InChI=1S/C17H26BrN3/c1-14-12-21-10-5-4-6-15(21)13-20(14)11-9-19-17-8-3-2-7-16(17)18/h2-3,7-8,14-15,19H,4-6,9-13H2,1H3. The predicted octanol–water partition coefficient (Wildman–Crippen LogP) is 3.42. The number of rotatable bonds is 4. The Labute approximate surface area is 136 Å². The molecule has 2 aliphatic heterocycles. The number of anilines is 1. The molecule has 0 bridgehead atoms. The van der Waals surface area contributed by atoms with Crippen molar-refractivity contribution < 1.29 is 0 Å². The first-order chi connectivity index (χ1) is 10.2. The number of benzene rings is 1. The second-order valence-electron chi connectivity index (χ2n) is 6.40. The summed E-state index contributed by atoms with van der Waals surface area (Å²) in [4.78, 5) is 5.38. The lowest BCUT2D eigenvalue weighted by Crippen LogP contribution is -2.59. The molecule has 2 unspecified atom stereocenters. The van der Waals surface area contributed by atoms with Crippen molar-refractivity contribution in [1.29, 1.82) is 0 Å². The molecule has 3 rings (SSSR count). The van der Waals surface area contributed by atoms with Crippen molar-refractivity contribution >= 4 is 21.6 Å². The van der Waals surface area contributed by atoms with E-state index in [1.165, 1.54) is 44.6 Å². The molecular weight excluding hydrogens is 326 g/mol. The van der Waals surface area contributed by atoms with E-state index >= 15 is 0 Å². The van der Waals surface area contributed by atoms with Crippen molar-refractivity contribution in [3.05, 3.63) is 28.7 Å². The highest BCUT2D eigenvalue weighted by Gasteiger charge is 2.32. The van der Waals surface area contributed by atoms with Gasteiger partial charge >= 0.3 is 0 Å². The van der Waals surface area contributed by atoms with E-state index in [2.05, 4.69) is 62.2 Å². The quantitative estimate of drug-likeness (QED) is 0.896. The van der Waals surface area contributed by atoms with Crippen LogP contribution in [0.15, 0.2) is 28.7 Å². The van der Waals surface area contributed by atoms with Crippen LogP contribution in [0.25, 0.3) is 0 Å². The van der Waals surface area contributed by atoms with Gasteiger partial charge in [0.2, 0.25) is 0 Å². The fraction of sp³-hybridized carbons (Fsp3) is 0.647. The second-order valence-corrected chi connectivity index (χ2v) is 7.25. The van der Waals surface area contributed by atoms with Crippen LogP contribution in [0.4, 0.5) is 5.69 Å². The summed E-state index contributed by atoms with van der Waals surface area (Å²) < 4.78 is 1.15. The maximum Gasteiger partial charge on any atom is 0.0485 e. The van der Waals surface area contributed by atoms with Crippen LogP contribution >= 0.6 is 15.9 Å². The van der Waals surface area contributed by atoms with Crippen LogP contribution in [0.3, 0.4) is 0 Å². The number of nitrogens with zero attached hydrogens (tertiary/aromatic N) is 2. The van der Waals surface area contributed by atoms with Gasteiger partial charge in [-0.25, -0.2) is 0 Å². The second kappa shape index (κ2) is 7.12. The van der Waals surface area contributed by atoms with Gasteiger partial charge in [-0.05, 0) is 54.4 Å². The van der Waals surface area contributed by atoms with Gasteiger partial charge in [0, 0.05) is 48.4 Å². The monoisotopic (exact) mass is 351 g/mol. The van der Waals surface area contributed by atoms with Crippen LogP contribution in [0.2, 0.25) is 0 Å². The third-order valence-corrected chi connectivity index (χ3v) is 5.60. The minimum Gasteiger partial charge on any atom is -0.383 e. The summed E-state index contributed by atoms with van der Waals surface area (Å²) in [6.07, 6.45) is 4.20. The Hall–Kier alpha value is -0.580. The van der Waals surface area contributed by atoms with Crippen molar-refractivity contribution in [2.45, 2.75) is 38.3 Å². The van der Waals surface area contributed by atoms with E-state index in [1.807, 2.05) is 0 Å². The molecule has 0 amide bonds. The number of hydrogen-bond donors (Lipinski definition) is 1. The molecule has 0 aromatic heterocycles. The largest absolute Gasteiger partial charge is 0.383 e. The Morgan fingerprint density at radius 3 is 2.95 bits per heavy atom. The topological polar surface area (TPSA) is 18.5 Å². The van der Waals surface area contributed by atoms with Gasteiger partial charge in [0.15, 0.2) is 0 Å². The first-order valence-electron chi connectivity index (χ1n) is 8.20. The summed E-state index contributed by atoms with van der Waals surface area (Å²) in [5.74, 6) is 0. The summed E-state index contributed by atoms with van der Waals surface area (Å²) in [5, 5.41) is 3.55. The zero-order valence-electron chi connectivity index (χ0n) is 12.9. The highest BCUT2D eigenvalue weighted by atomic mass is 79.9. The van der Waals surface area contributed by atoms with E-state index in [0.717, 1.165) is 23.6 Å². The van der Waals surface area contributed by atoms with Gasteiger partial charge < -0.3 is 5.32 Å². The van der Waals surface area contributed by atoms with E-state index in [1.54, 1.807) is 0 Å². The van der Waals surface area contributed by atoms with E-state index < -0.39 is 0 Å². The number of hydrogen-bond acceptors (Lipinski definition) is 3. The maximum atomic E-state index is 3.60. The highest BCUT2D eigenvalue weighted by Crippen LogP contribution is 2.24. The molecule has 1 aromatic carbocycles. The molecule has 1 aromatic rings. The van der Waals surface area contributed by atoms with E-state index in [-0.39, 0.29) is 0 Å². The third kappa shape index (κ3) is 3.79. The van der Waals surface area contributed by atoms with Gasteiger partial charge in [0.05, 0.1) is 0 Å². The molecule has 2 heterocycles. The normalized spacial score (nSPS) is 27.3. The Morgan fingerprint density at radius 1 is 1.24 bits per heavy atom. The van der Waals surface area contributed by atoms with Gasteiger partial charge in [-0.1, -0.05) is 18.6 Å². The maximum absolute atomic E-state index is 3.60. The van der Waals surface area contributed by atoms with Gasteiger partial charge in [0.1, 0.15) is 0 Å². The first kappa shape index (κ1) is 15.3. The lowest BCUT2D eigenvalue weighted by molar-refractivity contribution is 0.0176. The van der Waals surface area contributed by atoms with E-state index in [9.17, 15) is 0 Å². The van der Waals surface area contributed by atoms with Gasteiger partial charge in [0.25, 0.3) is 0 Å². The van der Waals surface area contributed by atoms with Crippen LogP contribution < -0.4 is 5.32 Å². The summed E-state index contributed by atoms with van der Waals surface area (Å²) in [6, 6.07) is 9.84. The molecule has 3 nitrogen and oxygen atoms in total. The molecule has 2 saturated heterocycles.